The molecule has 20 heavy (non-hydrogen) atoms. The van der Waals surface area contributed by atoms with E-state index in [-0.39, 0.29) is 12.5 Å². The van der Waals surface area contributed by atoms with Crippen LogP contribution < -0.4 is 10.1 Å². The SMILES string of the molecule is COc1ccc(COCC(F)(F)F)c(NC(=O)CCl)c1. The van der Waals surface area contributed by atoms with Crippen LogP contribution in [0, 0.1) is 0 Å². The van der Waals surface area contributed by atoms with Crippen LogP contribution in [0.2, 0.25) is 0 Å². The van der Waals surface area contributed by atoms with Gasteiger partial charge in [-0.2, -0.15) is 13.2 Å². The minimum absolute atomic E-state index is 0.264. The van der Waals surface area contributed by atoms with Gasteiger partial charge in [-0.05, 0) is 6.07 Å². The molecule has 0 unspecified atom stereocenters. The second-order valence-corrected chi connectivity index (χ2v) is 4.08. The number of carbonyl (C=O) groups is 1. The highest BCUT2D eigenvalue weighted by Gasteiger charge is 2.27. The normalized spacial score (nSPS) is 11.2. The minimum atomic E-state index is -4.40. The monoisotopic (exact) mass is 311 g/mol. The number of anilines is 1. The number of benzene rings is 1. The summed E-state index contributed by atoms with van der Waals surface area (Å²) in [5.41, 5.74) is 0.700. The van der Waals surface area contributed by atoms with Gasteiger partial charge in [-0.25, -0.2) is 0 Å². The first kappa shape index (κ1) is 16.6. The van der Waals surface area contributed by atoms with E-state index in [2.05, 4.69) is 10.1 Å². The van der Waals surface area contributed by atoms with Crippen molar-refractivity contribution in [3.05, 3.63) is 23.8 Å². The van der Waals surface area contributed by atoms with Crippen molar-refractivity contribution < 1.29 is 27.4 Å². The maximum absolute atomic E-state index is 12.0. The summed E-state index contributed by atoms with van der Waals surface area (Å²) in [6.45, 7) is -1.65. The lowest BCUT2D eigenvalue weighted by atomic mass is 10.1. The van der Waals surface area contributed by atoms with E-state index < -0.39 is 18.7 Å². The van der Waals surface area contributed by atoms with Crippen LogP contribution in [-0.4, -0.2) is 31.7 Å². The van der Waals surface area contributed by atoms with E-state index >= 15 is 0 Å². The van der Waals surface area contributed by atoms with Crippen LogP contribution in [0.5, 0.6) is 5.75 Å². The number of carbonyl (C=O) groups excluding carboxylic acids is 1. The number of amides is 1. The van der Waals surface area contributed by atoms with Gasteiger partial charge in [0.1, 0.15) is 18.2 Å². The topological polar surface area (TPSA) is 47.6 Å². The Morgan fingerprint density at radius 1 is 1.40 bits per heavy atom. The summed E-state index contributed by atoms with van der Waals surface area (Å²) in [6.07, 6.45) is -4.40. The third-order valence-electron chi connectivity index (χ3n) is 2.24. The lowest BCUT2D eigenvalue weighted by molar-refractivity contribution is -0.176. The molecule has 0 aromatic heterocycles. The molecule has 0 saturated carbocycles. The van der Waals surface area contributed by atoms with E-state index in [1.807, 2.05) is 0 Å². The highest BCUT2D eigenvalue weighted by atomic mass is 35.5. The summed E-state index contributed by atoms with van der Waals surface area (Å²) in [5, 5.41) is 2.47. The second-order valence-electron chi connectivity index (χ2n) is 3.81. The van der Waals surface area contributed by atoms with Gasteiger partial charge in [0.2, 0.25) is 5.91 Å². The fraction of sp³-hybridized carbons (Fsp3) is 0.417. The van der Waals surface area contributed by atoms with Crippen LogP contribution in [0.25, 0.3) is 0 Å². The molecule has 0 saturated heterocycles. The summed E-state index contributed by atoms with van der Waals surface area (Å²) in [7, 11) is 1.43. The quantitative estimate of drug-likeness (QED) is 0.822. The van der Waals surface area contributed by atoms with Crippen LogP contribution in [0.3, 0.4) is 0 Å². The smallest absolute Gasteiger partial charge is 0.411 e. The molecule has 0 atom stereocenters. The molecule has 112 valence electrons. The summed E-state index contributed by atoms with van der Waals surface area (Å²) < 4.78 is 45.6. The Hall–Kier alpha value is -1.47. The Morgan fingerprint density at radius 3 is 2.65 bits per heavy atom. The number of methoxy groups -OCH3 is 1. The largest absolute Gasteiger partial charge is 0.497 e. The summed E-state index contributed by atoms with van der Waals surface area (Å²) >= 11 is 5.37. The van der Waals surface area contributed by atoms with E-state index in [0.717, 1.165) is 0 Å². The molecule has 0 heterocycles. The van der Waals surface area contributed by atoms with E-state index in [4.69, 9.17) is 16.3 Å². The van der Waals surface area contributed by atoms with E-state index in [0.29, 0.717) is 17.0 Å². The predicted molar refractivity (Wildman–Crippen MR) is 68.1 cm³/mol. The highest BCUT2D eigenvalue weighted by molar-refractivity contribution is 6.29. The molecule has 1 aromatic rings. The summed E-state index contributed by atoms with van der Waals surface area (Å²) in [6, 6.07) is 4.55. The molecule has 0 aliphatic heterocycles. The number of hydrogen-bond donors (Lipinski definition) is 1. The van der Waals surface area contributed by atoms with Crippen molar-refractivity contribution in [2.24, 2.45) is 0 Å². The molecule has 0 fully saturated rings. The average Bonchev–Trinajstić information content (AvgIpc) is 2.38. The Labute approximate surface area is 118 Å². The number of alkyl halides is 4. The van der Waals surface area contributed by atoms with Gasteiger partial charge in [0.05, 0.1) is 13.7 Å². The number of hydrogen-bond acceptors (Lipinski definition) is 3. The molecule has 1 rings (SSSR count). The van der Waals surface area contributed by atoms with E-state index in [1.165, 1.54) is 19.2 Å². The molecule has 0 aliphatic carbocycles. The average molecular weight is 312 g/mol. The van der Waals surface area contributed by atoms with Crippen molar-refractivity contribution in [2.45, 2.75) is 12.8 Å². The third kappa shape index (κ3) is 5.66. The van der Waals surface area contributed by atoms with E-state index in [1.54, 1.807) is 6.07 Å². The summed E-state index contributed by atoms with van der Waals surface area (Å²) in [4.78, 5) is 11.3. The Balaban J connectivity index is 2.80. The molecule has 1 amide bonds. The van der Waals surface area contributed by atoms with Crippen molar-refractivity contribution in [2.75, 3.05) is 24.9 Å². The number of nitrogens with one attached hydrogen (secondary N) is 1. The van der Waals surface area contributed by atoms with Crippen molar-refractivity contribution >= 4 is 23.2 Å². The molecule has 0 spiro atoms. The fourth-order valence-electron chi connectivity index (χ4n) is 1.39. The van der Waals surface area contributed by atoms with Gasteiger partial charge in [0.25, 0.3) is 0 Å². The molecule has 0 bridgehead atoms. The van der Waals surface area contributed by atoms with Gasteiger partial charge in [-0.3, -0.25) is 4.79 Å². The lowest BCUT2D eigenvalue weighted by Gasteiger charge is -2.13. The van der Waals surface area contributed by atoms with Crippen LogP contribution in [0.1, 0.15) is 5.56 Å². The van der Waals surface area contributed by atoms with Crippen LogP contribution >= 0.6 is 11.6 Å². The van der Waals surface area contributed by atoms with Gasteiger partial charge < -0.3 is 14.8 Å². The van der Waals surface area contributed by atoms with Crippen molar-refractivity contribution in [1.82, 2.24) is 0 Å². The molecule has 0 aliphatic rings. The Bertz CT molecular complexity index is 466. The first-order chi connectivity index (χ1) is 9.35. The molecular formula is C12H13ClF3NO3. The van der Waals surface area contributed by atoms with Crippen molar-refractivity contribution in [1.29, 1.82) is 0 Å². The van der Waals surface area contributed by atoms with Gasteiger partial charge in [0, 0.05) is 17.3 Å². The standard InChI is InChI=1S/C12H13ClF3NO3/c1-19-9-3-2-8(6-20-7-12(14,15)16)10(4-9)17-11(18)5-13/h2-4H,5-7H2,1H3,(H,17,18). The van der Waals surface area contributed by atoms with Crippen molar-refractivity contribution in [3.8, 4) is 5.75 Å². The Kier molecular flexibility index (Phi) is 6.09. The molecule has 1 aromatic carbocycles. The molecule has 4 nitrogen and oxygen atoms in total. The van der Waals surface area contributed by atoms with Gasteiger partial charge in [-0.15, -0.1) is 11.6 Å². The van der Waals surface area contributed by atoms with Crippen molar-refractivity contribution in [3.63, 3.8) is 0 Å². The zero-order valence-electron chi connectivity index (χ0n) is 10.6. The lowest BCUT2D eigenvalue weighted by Crippen LogP contribution is -2.18. The molecule has 8 heteroatoms. The fourth-order valence-corrected chi connectivity index (χ4v) is 1.45. The van der Waals surface area contributed by atoms with E-state index in [9.17, 15) is 18.0 Å². The van der Waals surface area contributed by atoms with Gasteiger partial charge in [0.15, 0.2) is 0 Å². The van der Waals surface area contributed by atoms with Gasteiger partial charge >= 0.3 is 6.18 Å². The minimum Gasteiger partial charge on any atom is -0.497 e. The highest BCUT2D eigenvalue weighted by Crippen LogP contribution is 2.24. The number of ether oxygens (including phenoxy) is 2. The van der Waals surface area contributed by atoms with Gasteiger partial charge in [-0.1, -0.05) is 6.07 Å². The zero-order chi connectivity index (χ0) is 15.2. The zero-order valence-corrected chi connectivity index (χ0v) is 11.3. The summed E-state index contributed by atoms with van der Waals surface area (Å²) in [5.74, 6) is -0.286. The molecule has 0 radical (unpaired) electrons. The van der Waals surface area contributed by atoms with Crippen LogP contribution in [-0.2, 0) is 16.1 Å². The predicted octanol–water partition coefficient (Wildman–Crippen LogP) is 2.95. The first-order valence-corrected chi connectivity index (χ1v) is 6.06. The first-order valence-electron chi connectivity index (χ1n) is 5.53. The second kappa shape index (κ2) is 7.35. The third-order valence-corrected chi connectivity index (χ3v) is 2.48. The maximum atomic E-state index is 12.0. The van der Waals surface area contributed by atoms with Crippen LogP contribution in [0.4, 0.5) is 18.9 Å². The number of rotatable bonds is 6. The maximum Gasteiger partial charge on any atom is 0.411 e. The Morgan fingerprint density at radius 2 is 2.10 bits per heavy atom. The van der Waals surface area contributed by atoms with Crippen LogP contribution in [0.15, 0.2) is 18.2 Å². The molecular weight excluding hydrogens is 299 g/mol. The number of halogens is 4. The molecule has 1 N–H and O–H groups in total.